The summed E-state index contributed by atoms with van der Waals surface area (Å²) in [4.78, 5) is 26.2. The van der Waals surface area contributed by atoms with Gasteiger partial charge in [0.25, 0.3) is 0 Å². The van der Waals surface area contributed by atoms with Crippen molar-refractivity contribution in [2.24, 2.45) is 0 Å². The second-order valence-electron chi connectivity index (χ2n) is 9.65. The molecule has 31 heavy (non-hydrogen) atoms. The van der Waals surface area contributed by atoms with E-state index in [4.69, 9.17) is 0 Å². The maximum absolute atomic E-state index is 12.3. The van der Waals surface area contributed by atoms with Gasteiger partial charge in [-0.05, 0) is 26.2 Å². The third-order valence-electron chi connectivity index (χ3n) is 6.78. The van der Waals surface area contributed by atoms with Crippen molar-refractivity contribution in [1.82, 2.24) is 4.90 Å². The van der Waals surface area contributed by atoms with Gasteiger partial charge >= 0.3 is 0 Å². The molecule has 0 aromatic rings. The molecule has 0 spiro atoms. The highest BCUT2D eigenvalue weighted by atomic mass is 16.2. The quantitative estimate of drug-likeness (QED) is 0.110. The van der Waals surface area contributed by atoms with Crippen LogP contribution in [-0.4, -0.2) is 22.8 Å². The molecule has 0 radical (unpaired) electrons. The maximum atomic E-state index is 12.3. The van der Waals surface area contributed by atoms with E-state index < -0.39 is 0 Å². The number of hydrogen-bond acceptors (Lipinski definition) is 2. The lowest BCUT2D eigenvalue weighted by molar-refractivity contribution is -0.140. The molecule has 2 amide bonds. The predicted octanol–water partition coefficient (Wildman–Crippen LogP) is 8.51. The van der Waals surface area contributed by atoms with Crippen LogP contribution in [0, 0.1) is 0 Å². The van der Waals surface area contributed by atoms with E-state index in [0.717, 1.165) is 19.3 Å². The molecule has 0 aromatic carbocycles. The van der Waals surface area contributed by atoms with Crippen LogP contribution in [0.15, 0.2) is 11.6 Å². The fourth-order valence-electron chi connectivity index (χ4n) is 4.72. The first-order valence-corrected chi connectivity index (χ1v) is 13.6. The van der Waals surface area contributed by atoms with Crippen LogP contribution in [0.1, 0.15) is 149 Å². The Bertz CT molecular complexity index is 495. The van der Waals surface area contributed by atoms with Gasteiger partial charge in [-0.2, -0.15) is 0 Å². The first-order chi connectivity index (χ1) is 15.1. The molecule has 0 N–H and O–H groups in total. The summed E-state index contributed by atoms with van der Waals surface area (Å²) in [5.41, 5.74) is 1.22. The van der Waals surface area contributed by atoms with E-state index in [1.807, 2.05) is 0 Å². The molecular formula is C28H51NO2. The molecule has 1 atom stereocenters. The monoisotopic (exact) mass is 433 g/mol. The number of carbonyl (C=O) groups excluding carboxylic acids is 2. The van der Waals surface area contributed by atoms with Crippen LogP contribution in [0.2, 0.25) is 0 Å². The number of amides is 2. The van der Waals surface area contributed by atoms with Crippen molar-refractivity contribution in [2.75, 3.05) is 0 Å². The van der Waals surface area contributed by atoms with Crippen molar-refractivity contribution in [2.45, 2.75) is 155 Å². The fourth-order valence-corrected chi connectivity index (χ4v) is 4.72. The summed E-state index contributed by atoms with van der Waals surface area (Å²) in [6.45, 7) is 6.62. The van der Waals surface area contributed by atoms with Gasteiger partial charge in [-0.15, -0.1) is 0 Å². The Labute approximate surface area is 193 Å². The molecule has 1 heterocycles. The zero-order valence-electron chi connectivity index (χ0n) is 21.1. The van der Waals surface area contributed by atoms with E-state index in [0.29, 0.717) is 12.8 Å². The highest BCUT2D eigenvalue weighted by molar-refractivity contribution is 6.02. The van der Waals surface area contributed by atoms with Gasteiger partial charge in [-0.25, -0.2) is 0 Å². The molecule has 1 unspecified atom stereocenters. The number of unbranched alkanes of at least 4 members (excludes halogenated alkanes) is 15. The summed E-state index contributed by atoms with van der Waals surface area (Å²) in [5.74, 6) is 0.0667. The molecule has 0 saturated carbocycles. The minimum Gasteiger partial charge on any atom is -0.275 e. The number of rotatable bonds is 20. The second-order valence-corrected chi connectivity index (χ2v) is 9.65. The normalized spacial score (nSPS) is 15.8. The molecule has 3 nitrogen and oxygen atoms in total. The Morgan fingerprint density at radius 1 is 0.710 bits per heavy atom. The Hall–Kier alpha value is -1.12. The first-order valence-electron chi connectivity index (χ1n) is 13.6. The molecule has 1 fully saturated rings. The zero-order valence-corrected chi connectivity index (χ0v) is 21.1. The Balaban J connectivity index is 2.24. The molecule has 1 aliphatic rings. The van der Waals surface area contributed by atoms with Crippen LogP contribution in [0.3, 0.4) is 0 Å². The van der Waals surface area contributed by atoms with Crippen molar-refractivity contribution in [3.05, 3.63) is 11.6 Å². The summed E-state index contributed by atoms with van der Waals surface area (Å²) in [6.07, 6.45) is 26.2. The number of allylic oxidation sites excluding steroid dienone is 1. The van der Waals surface area contributed by atoms with Crippen LogP contribution < -0.4 is 0 Å². The topological polar surface area (TPSA) is 37.4 Å². The highest BCUT2D eigenvalue weighted by Gasteiger charge is 2.35. The van der Waals surface area contributed by atoms with E-state index in [9.17, 15) is 9.59 Å². The van der Waals surface area contributed by atoms with Crippen LogP contribution in [0.5, 0.6) is 0 Å². The van der Waals surface area contributed by atoms with Crippen molar-refractivity contribution in [1.29, 1.82) is 0 Å². The van der Waals surface area contributed by atoms with E-state index in [-0.39, 0.29) is 17.9 Å². The van der Waals surface area contributed by atoms with Gasteiger partial charge in [0.05, 0.1) is 6.04 Å². The largest absolute Gasteiger partial charge is 0.275 e. The molecule has 0 aromatic heterocycles. The van der Waals surface area contributed by atoms with Crippen LogP contribution in [-0.2, 0) is 9.59 Å². The first kappa shape index (κ1) is 27.9. The fraction of sp³-hybridized carbons (Fsp3) is 0.857. The van der Waals surface area contributed by atoms with Gasteiger partial charge in [0.1, 0.15) is 0 Å². The van der Waals surface area contributed by atoms with E-state index in [1.54, 1.807) is 4.90 Å². The second kappa shape index (κ2) is 18.5. The smallest absolute Gasteiger partial charge is 0.230 e. The molecule has 1 rings (SSSR count). The lowest BCUT2D eigenvalue weighted by atomic mass is 9.97. The molecule has 180 valence electrons. The summed E-state index contributed by atoms with van der Waals surface area (Å²) in [5, 5.41) is 0. The molecule has 0 aliphatic carbocycles. The Kier molecular flexibility index (Phi) is 16.6. The minimum atomic E-state index is -0.00293. The zero-order chi connectivity index (χ0) is 22.7. The number of imide groups is 1. The highest BCUT2D eigenvalue weighted by Crippen LogP contribution is 2.25. The summed E-state index contributed by atoms with van der Waals surface area (Å²) in [6, 6.07) is -0.00293. The molecule has 1 saturated heterocycles. The maximum Gasteiger partial charge on any atom is 0.230 e. The lowest BCUT2D eigenvalue weighted by Crippen LogP contribution is -2.40. The van der Waals surface area contributed by atoms with Gasteiger partial charge in [0, 0.05) is 12.8 Å². The lowest BCUT2D eigenvalue weighted by Gasteiger charge is -2.27. The number of hydrogen-bond donors (Lipinski definition) is 0. The third-order valence-corrected chi connectivity index (χ3v) is 6.78. The molecular weight excluding hydrogens is 382 g/mol. The third kappa shape index (κ3) is 12.5. The average molecular weight is 434 g/mol. The number of nitrogens with zero attached hydrogens (tertiary/aromatic N) is 1. The Morgan fingerprint density at radius 3 is 1.61 bits per heavy atom. The Morgan fingerprint density at radius 2 is 1.13 bits per heavy atom. The molecule has 3 heteroatoms. The van der Waals surface area contributed by atoms with Gasteiger partial charge < -0.3 is 0 Å². The van der Waals surface area contributed by atoms with Gasteiger partial charge in [-0.1, -0.05) is 122 Å². The molecule has 1 aliphatic heterocycles. The summed E-state index contributed by atoms with van der Waals surface area (Å²) >= 11 is 0. The SMILES string of the molecule is CCCCCC=C(C)C(CCCCCCCCCCCCCCC)N1C(=O)CCC1=O. The van der Waals surface area contributed by atoms with Crippen molar-refractivity contribution in [3.8, 4) is 0 Å². The predicted molar refractivity (Wildman–Crippen MR) is 133 cm³/mol. The van der Waals surface area contributed by atoms with Gasteiger partial charge in [-0.3, -0.25) is 14.5 Å². The van der Waals surface area contributed by atoms with E-state index >= 15 is 0 Å². The standard InChI is InChI=1S/C28H51NO2/c1-4-6-8-10-11-12-13-14-15-16-17-18-20-22-26(25(3)21-19-9-7-5-2)29-27(30)23-24-28(29)31/h21,26H,4-20,22-24H2,1-3H3. The summed E-state index contributed by atoms with van der Waals surface area (Å²) < 4.78 is 0. The van der Waals surface area contributed by atoms with Crippen molar-refractivity contribution < 1.29 is 9.59 Å². The van der Waals surface area contributed by atoms with Gasteiger partial charge in [0.15, 0.2) is 0 Å². The summed E-state index contributed by atoms with van der Waals surface area (Å²) in [7, 11) is 0. The molecule has 0 bridgehead atoms. The number of likely N-dealkylation sites (tertiary alicyclic amines) is 1. The van der Waals surface area contributed by atoms with Crippen molar-refractivity contribution >= 4 is 11.8 Å². The van der Waals surface area contributed by atoms with Crippen LogP contribution >= 0.6 is 0 Å². The van der Waals surface area contributed by atoms with Gasteiger partial charge in [0.2, 0.25) is 11.8 Å². The van der Waals surface area contributed by atoms with Crippen LogP contribution in [0.25, 0.3) is 0 Å². The van der Waals surface area contributed by atoms with Crippen molar-refractivity contribution in [3.63, 3.8) is 0 Å². The van der Waals surface area contributed by atoms with E-state index in [2.05, 4.69) is 26.8 Å². The van der Waals surface area contributed by atoms with E-state index in [1.165, 1.54) is 102 Å². The van der Waals surface area contributed by atoms with Crippen LogP contribution in [0.4, 0.5) is 0 Å². The average Bonchev–Trinajstić information content (AvgIpc) is 3.09. The minimum absolute atomic E-state index is 0.00293. The number of carbonyl (C=O) groups is 2.